The van der Waals surface area contributed by atoms with Crippen molar-refractivity contribution in [3.63, 3.8) is 0 Å². The molecule has 1 aromatic carbocycles. The van der Waals surface area contributed by atoms with E-state index in [0.717, 1.165) is 12.3 Å². The van der Waals surface area contributed by atoms with Crippen LogP contribution in [-0.4, -0.2) is 62.2 Å². The number of benzene rings is 1. The van der Waals surface area contributed by atoms with Crippen LogP contribution in [0.5, 0.6) is 0 Å². The van der Waals surface area contributed by atoms with Crippen molar-refractivity contribution in [2.45, 2.75) is 36.2 Å². The molecule has 1 amide bonds. The molecule has 12 heteroatoms. The van der Waals surface area contributed by atoms with Crippen LogP contribution in [0.2, 0.25) is 10.0 Å². The average molecular weight is 519 g/mol. The molecule has 2 aliphatic heterocycles. The Morgan fingerprint density at radius 2 is 1.76 bits per heavy atom. The van der Waals surface area contributed by atoms with E-state index in [9.17, 15) is 22.0 Å². The lowest BCUT2D eigenvalue weighted by Gasteiger charge is -2.37. The van der Waals surface area contributed by atoms with E-state index in [1.54, 1.807) is 17.2 Å². The van der Waals surface area contributed by atoms with Crippen molar-refractivity contribution in [3.05, 3.63) is 46.1 Å². The molecular weight excluding hydrogens is 497 g/mol. The van der Waals surface area contributed by atoms with E-state index >= 15 is 0 Å². The molecular formula is C21H22Cl2F2N4O3S. The lowest BCUT2D eigenvalue weighted by Crippen LogP contribution is -2.47. The monoisotopic (exact) mass is 518 g/mol. The van der Waals surface area contributed by atoms with Crippen LogP contribution >= 0.6 is 23.2 Å². The number of hydrogen-bond donors (Lipinski definition) is 1. The van der Waals surface area contributed by atoms with Gasteiger partial charge < -0.3 is 15.1 Å². The number of nitrogens with zero attached hydrogens (tertiary/aromatic N) is 3. The van der Waals surface area contributed by atoms with Gasteiger partial charge in [-0.2, -0.15) is 0 Å². The largest absolute Gasteiger partial charge is 0.371 e. The standard InChI is InChI=1S/C21H22Cl2F2N4O3S/c1-33(31,32)19-10-15(24)18(9-16(19)25)27-17-4-7-29(21(17)30)13-2-5-28(6-3-13)20-14(23)8-12(22)11-26-20/h8-11,13,17,27H,2-7H2,1H3/t17-/m0/s1. The highest BCUT2D eigenvalue weighted by Crippen LogP contribution is 2.31. The predicted octanol–water partition coefficient (Wildman–Crippen LogP) is 3.75. The number of likely N-dealkylation sites (tertiary alicyclic amines) is 1. The number of carbonyl (C=O) groups excluding carboxylic acids is 1. The van der Waals surface area contributed by atoms with Crippen molar-refractivity contribution in [1.29, 1.82) is 0 Å². The fourth-order valence-electron chi connectivity index (χ4n) is 4.34. The summed E-state index contributed by atoms with van der Waals surface area (Å²) in [4.78, 5) is 20.4. The SMILES string of the molecule is CS(=O)(=O)c1cc(F)c(N[C@H]2CCN(C3CCN(c4ncc(Cl)cc4Cl)CC3)C2=O)cc1F. The first kappa shape index (κ1) is 24.0. The molecule has 3 heterocycles. The number of aromatic nitrogens is 1. The maximum Gasteiger partial charge on any atom is 0.245 e. The van der Waals surface area contributed by atoms with Crippen LogP contribution in [0.1, 0.15) is 19.3 Å². The molecule has 0 bridgehead atoms. The Balaban J connectivity index is 1.39. The van der Waals surface area contributed by atoms with Crippen molar-refractivity contribution in [3.8, 4) is 0 Å². The summed E-state index contributed by atoms with van der Waals surface area (Å²) in [7, 11) is -3.90. The molecule has 178 valence electrons. The molecule has 4 rings (SSSR count). The molecule has 2 aliphatic rings. The van der Waals surface area contributed by atoms with E-state index in [1.165, 1.54) is 0 Å². The second-order valence-electron chi connectivity index (χ2n) is 8.23. The van der Waals surface area contributed by atoms with Crippen molar-refractivity contribution in [1.82, 2.24) is 9.88 Å². The van der Waals surface area contributed by atoms with Crippen LogP contribution in [0.15, 0.2) is 29.3 Å². The van der Waals surface area contributed by atoms with Crippen LogP contribution in [0, 0.1) is 11.6 Å². The normalized spacial score (nSPS) is 19.9. The molecule has 1 N–H and O–H groups in total. The second-order valence-corrected chi connectivity index (χ2v) is 11.1. The zero-order chi connectivity index (χ0) is 23.9. The van der Waals surface area contributed by atoms with Crippen LogP contribution in [0.3, 0.4) is 0 Å². The van der Waals surface area contributed by atoms with E-state index in [1.807, 2.05) is 4.90 Å². The van der Waals surface area contributed by atoms with Gasteiger partial charge in [0.1, 0.15) is 28.4 Å². The van der Waals surface area contributed by atoms with Crippen molar-refractivity contribution in [2.75, 3.05) is 36.1 Å². The van der Waals surface area contributed by atoms with E-state index in [0.29, 0.717) is 60.8 Å². The van der Waals surface area contributed by atoms with Crippen molar-refractivity contribution in [2.24, 2.45) is 0 Å². The predicted molar refractivity (Wildman–Crippen MR) is 123 cm³/mol. The minimum Gasteiger partial charge on any atom is -0.371 e. The van der Waals surface area contributed by atoms with Crippen molar-refractivity contribution >= 4 is 50.5 Å². The summed E-state index contributed by atoms with van der Waals surface area (Å²) in [6, 6.07) is 2.36. The third-order valence-electron chi connectivity index (χ3n) is 5.98. The first-order chi connectivity index (χ1) is 15.5. The highest BCUT2D eigenvalue weighted by atomic mass is 35.5. The Morgan fingerprint density at radius 3 is 2.39 bits per heavy atom. The summed E-state index contributed by atoms with van der Waals surface area (Å²) >= 11 is 12.2. The van der Waals surface area contributed by atoms with E-state index in [4.69, 9.17) is 23.2 Å². The minimum atomic E-state index is -3.90. The molecule has 7 nitrogen and oxygen atoms in total. The number of halogens is 4. The number of nitrogens with one attached hydrogen (secondary N) is 1. The summed E-state index contributed by atoms with van der Waals surface area (Å²) in [5.74, 6) is -1.53. The summed E-state index contributed by atoms with van der Waals surface area (Å²) < 4.78 is 51.7. The number of hydrogen-bond acceptors (Lipinski definition) is 6. The maximum atomic E-state index is 14.4. The van der Waals surface area contributed by atoms with Gasteiger partial charge in [0, 0.05) is 44.2 Å². The van der Waals surface area contributed by atoms with Crippen LogP contribution in [0.25, 0.3) is 0 Å². The zero-order valence-corrected chi connectivity index (χ0v) is 20.0. The third-order valence-corrected chi connectivity index (χ3v) is 7.58. The maximum absolute atomic E-state index is 14.4. The average Bonchev–Trinajstić information content (AvgIpc) is 3.10. The molecule has 2 aromatic rings. The molecule has 33 heavy (non-hydrogen) atoms. The molecule has 0 radical (unpaired) electrons. The Bertz CT molecular complexity index is 1190. The van der Waals surface area contributed by atoms with E-state index < -0.39 is 32.4 Å². The van der Waals surface area contributed by atoms with Crippen molar-refractivity contribution < 1.29 is 22.0 Å². The van der Waals surface area contributed by atoms with Gasteiger partial charge >= 0.3 is 0 Å². The highest BCUT2D eigenvalue weighted by molar-refractivity contribution is 7.90. The van der Waals surface area contributed by atoms with Gasteiger partial charge in [-0.15, -0.1) is 0 Å². The third kappa shape index (κ3) is 5.02. The Hall–Kier alpha value is -2.17. The molecule has 0 spiro atoms. The molecule has 1 atom stereocenters. The highest BCUT2D eigenvalue weighted by Gasteiger charge is 2.38. The van der Waals surface area contributed by atoms with Crippen LogP contribution in [0.4, 0.5) is 20.3 Å². The summed E-state index contributed by atoms with van der Waals surface area (Å²) in [5, 5.41) is 3.67. The lowest BCUT2D eigenvalue weighted by molar-refractivity contribution is -0.130. The summed E-state index contributed by atoms with van der Waals surface area (Å²) in [5.41, 5.74) is -0.238. The van der Waals surface area contributed by atoms with Gasteiger partial charge in [-0.1, -0.05) is 23.2 Å². The van der Waals surface area contributed by atoms with E-state index in [2.05, 4.69) is 10.3 Å². The second kappa shape index (κ2) is 9.23. The van der Waals surface area contributed by atoms with Gasteiger partial charge in [-0.05, 0) is 31.4 Å². The number of anilines is 2. The first-order valence-electron chi connectivity index (χ1n) is 10.4. The number of amides is 1. The van der Waals surface area contributed by atoms with Crippen LogP contribution < -0.4 is 10.2 Å². The quantitative estimate of drug-likeness (QED) is 0.648. The van der Waals surface area contributed by atoms with E-state index in [-0.39, 0.29) is 17.6 Å². The fourth-order valence-corrected chi connectivity index (χ4v) is 5.57. The van der Waals surface area contributed by atoms with Gasteiger partial charge in [0.15, 0.2) is 9.84 Å². The molecule has 2 saturated heterocycles. The van der Waals surface area contributed by atoms with Gasteiger partial charge in [0.2, 0.25) is 5.91 Å². The topological polar surface area (TPSA) is 82.6 Å². The fraction of sp³-hybridized carbons (Fsp3) is 0.429. The number of rotatable bonds is 5. The Labute approximate surface area is 200 Å². The summed E-state index contributed by atoms with van der Waals surface area (Å²) in [6.45, 7) is 1.81. The molecule has 2 fully saturated rings. The summed E-state index contributed by atoms with van der Waals surface area (Å²) in [6.07, 6.45) is 4.20. The van der Waals surface area contributed by atoms with Crippen LogP contribution in [-0.2, 0) is 14.6 Å². The Kier molecular flexibility index (Phi) is 6.70. The number of sulfone groups is 1. The van der Waals surface area contributed by atoms with Gasteiger partial charge in [0.25, 0.3) is 0 Å². The van der Waals surface area contributed by atoms with Gasteiger partial charge in [-0.25, -0.2) is 22.2 Å². The molecule has 0 saturated carbocycles. The molecule has 0 aliphatic carbocycles. The molecule has 0 unspecified atom stereocenters. The smallest absolute Gasteiger partial charge is 0.245 e. The van der Waals surface area contributed by atoms with Gasteiger partial charge in [0.05, 0.1) is 15.7 Å². The minimum absolute atomic E-state index is 0.0146. The number of pyridine rings is 1. The zero-order valence-electron chi connectivity index (χ0n) is 17.7. The number of piperidine rings is 1. The molecule has 1 aromatic heterocycles. The lowest BCUT2D eigenvalue weighted by atomic mass is 10.0. The first-order valence-corrected chi connectivity index (χ1v) is 13.0. The van der Waals surface area contributed by atoms with Gasteiger partial charge in [-0.3, -0.25) is 4.79 Å². The number of carbonyl (C=O) groups is 1. The Morgan fingerprint density at radius 1 is 1.06 bits per heavy atom.